The highest BCUT2D eigenvalue weighted by atomic mass is 16.5. The molecule has 0 aromatic carbocycles. The maximum Gasteiger partial charge on any atom is 0.274 e. The third-order valence-electron chi connectivity index (χ3n) is 3.46. The first-order chi connectivity index (χ1) is 10.7. The summed E-state index contributed by atoms with van der Waals surface area (Å²) < 4.78 is 5.73. The molecular weight excluding hydrogens is 286 g/mol. The van der Waals surface area contributed by atoms with E-state index in [4.69, 9.17) is 4.74 Å². The van der Waals surface area contributed by atoms with Crippen LogP contribution in [0.5, 0.6) is 5.88 Å². The zero-order valence-corrected chi connectivity index (χ0v) is 11.8. The molecule has 3 heterocycles. The molecule has 0 bridgehead atoms. The molecule has 2 aromatic heterocycles. The van der Waals surface area contributed by atoms with Crippen LogP contribution in [-0.2, 0) is 0 Å². The van der Waals surface area contributed by atoms with Gasteiger partial charge < -0.3 is 9.64 Å². The smallest absolute Gasteiger partial charge is 0.274 e. The topological polar surface area (TPSA) is 101 Å². The molecule has 0 spiro atoms. The van der Waals surface area contributed by atoms with Crippen molar-refractivity contribution >= 4 is 5.91 Å². The molecule has 8 nitrogen and oxygen atoms in total. The minimum Gasteiger partial charge on any atom is -0.473 e. The van der Waals surface area contributed by atoms with Crippen molar-refractivity contribution in [2.75, 3.05) is 13.1 Å². The summed E-state index contributed by atoms with van der Waals surface area (Å²) in [5.74, 6) is 0.309. The largest absolute Gasteiger partial charge is 0.473 e. The maximum atomic E-state index is 12.3. The van der Waals surface area contributed by atoms with Crippen molar-refractivity contribution in [3.05, 3.63) is 46.5 Å². The quantitative estimate of drug-likeness (QED) is 0.871. The molecule has 0 atom stereocenters. The van der Waals surface area contributed by atoms with Gasteiger partial charge in [0.25, 0.3) is 11.5 Å². The van der Waals surface area contributed by atoms with Crippen LogP contribution in [0.15, 0.2) is 35.3 Å². The predicted octanol–water partition coefficient (Wildman–Crippen LogP) is 0.243. The lowest BCUT2D eigenvalue weighted by molar-refractivity contribution is 0.0579. The Hall–Kier alpha value is -2.77. The number of nitrogens with zero attached hydrogens (tertiary/aromatic N) is 4. The molecule has 114 valence electrons. The average molecular weight is 301 g/mol. The Kier molecular flexibility index (Phi) is 4.08. The van der Waals surface area contributed by atoms with Crippen LogP contribution in [0.1, 0.15) is 23.3 Å². The first kappa shape index (κ1) is 14.2. The standard InChI is InChI=1S/C14H15N5O3/c20-12-4-3-11(16-17-12)14(21)19-8-5-10(6-9-19)22-13-2-1-7-15-18-13/h1-4,7,10H,5-6,8-9H2,(H,17,20). The number of aromatic nitrogens is 4. The van der Waals surface area contributed by atoms with Crippen molar-refractivity contribution in [3.8, 4) is 5.88 Å². The molecule has 0 radical (unpaired) electrons. The van der Waals surface area contributed by atoms with Crippen LogP contribution in [0.4, 0.5) is 0 Å². The summed E-state index contributed by atoms with van der Waals surface area (Å²) in [5.41, 5.74) is -0.0828. The number of carbonyl (C=O) groups excluding carboxylic acids is 1. The molecule has 3 rings (SSSR count). The highest BCUT2D eigenvalue weighted by Crippen LogP contribution is 2.17. The molecule has 1 amide bonds. The molecule has 1 N–H and O–H groups in total. The van der Waals surface area contributed by atoms with Gasteiger partial charge >= 0.3 is 0 Å². The Balaban J connectivity index is 1.56. The Morgan fingerprint density at radius 2 is 2.09 bits per heavy atom. The van der Waals surface area contributed by atoms with E-state index in [2.05, 4.69) is 20.4 Å². The van der Waals surface area contributed by atoms with E-state index in [-0.39, 0.29) is 23.3 Å². The fourth-order valence-electron chi connectivity index (χ4n) is 2.32. The molecule has 22 heavy (non-hydrogen) atoms. The van der Waals surface area contributed by atoms with E-state index in [1.807, 2.05) is 0 Å². The Labute approximate surface area is 126 Å². The van der Waals surface area contributed by atoms with Crippen molar-refractivity contribution in [1.82, 2.24) is 25.3 Å². The van der Waals surface area contributed by atoms with Gasteiger partial charge in [0.2, 0.25) is 5.88 Å². The summed E-state index contributed by atoms with van der Waals surface area (Å²) in [5, 5.41) is 13.7. The van der Waals surface area contributed by atoms with Gasteiger partial charge in [0.1, 0.15) is 11.8 Å². The minimum atomic E-state index is -0.326. The van der Waals surface area contributed by atoms with E-state index in [0.717, 1.165) is 0 Å². The fraction of sp³-hybridized carbons (Fsp3) is 0.357. The third-order valence-corrected chi connectivity index (χ3v) is 3.46. The van der Waals surface area contributed by atoms with Crippen LogP contribution in [-0.4, -0.2) is 50.4 Å². The monoisotopic (exact) mass is 301 g/mol. The number of nitrogens with one attached hydrogen (secondary N) is 1. The van der Waals surface area contributed by atoms with Crippen molar-refractivity contribution in [2.45, 2.75) is 18.9 Å². The van der Waals surface area contributed by atoms with Gasteiger partial charge in [0.05, 0.1) is 0 Å². The number of amides is 1. The van der Waals surface area contributed by atoms with Gasteiger partial charge in [0.15, 0.2) is 0 Å². The van der Waals surface area contributed by atoms with Crippen molar-refractivity contribution < 1.29 is 9.53 Å². The zero-order valence-electron chi connectivity index (χ0n) is 11.8. The summed E-state index contributed by atoms with van der Waals surface area (Å²) in [7, 11) is 0. The van der Waals surface area contributed by atoms with E-state index in [9.17, 15) is 9.59 Å². The molecular formula is C14H15N5O3. The SMILES string of the molecule is O=C(c1ccc(=O)[nH]n1)N1CCC(Oc2cccnn2)CC1. The Bertz CT molecular complexity index is 675. The summed E-state index contributed by atoms with van der Waals surface area (Å²) in [4.78, 5) is 24.9. The number of hydrogen-bond acceptors (Lipinski definition) is 6. The van der Waals surface area contributed by atoms with E-state index in [1.165, 1.54) is 12.1 Å². The molecule has 1 aliphatic heterocycles. The van der Waals surface area contributed by atoms with Gasteiger partial charge in [-0.3, -0.25) is 9.59 Å². The van der Waals surface area contributed by atoms with Crippen LogP contribution >= 0.6 is 0 Å². The molecule has 0 saturated carbocycles. The highest BCUT2D eigenvalue weighted by Gasteiger charge is 2.25. The number of H-pyrrole nitrogens is 1. The maximum absolute atomic E-state index is 12.3. The highest BCUT2D eigenvalue weighted by molar-refractivity contribution is 5.92. The van der Waals surface area contributed by atoms with Crippen LogP contribution in [0.25, 0.3) is 0 Å². The van der Waals surface area contributed by atoms with Crippen molar-refractivity contribution in [3.63, 3.8) is 0 Å². The molecule has 2 aromatic rings. The predicted molar refractivity (Wildman–Crippen MR) is 76.4 cm³/mol. The number of carbonyl (C=O) groups is 1. The first-order valence-electron chi connectivity index (χ1n) is 7.02. The zero-order chi connectivity index (χ0) is 15.4. The minimum absolute atomic E-state index is 0.0179. The van der Waals surface area contributed by atoms with Gasteiger partial charge in [-0.25, -0.2) is 5.10 Å². The van der Waals surface area contributed by atoms with Gasteiger partial charge in [-0.2, -0.15) is 10.2 Å². The molecule has 0 unspecified atom stereocenters. The van der Waals surface area contributed by atoms with Gasteiger partial charge in [0, 0.05) is 44.3 Å². The van der Waals surface area contributed by atoms with Gasteiger partial charge in [-0.05, 0) is 12.1 Å². The molecule has 1 saturated heterocycles. The number of hydrogen-bond donors (Lipinski definition) is 1. The molecule has 0 aliphatic carbocycles. The second kappa shape index (κ2) is 6.33. The van der Waals surface area contributed by atoms with Crippen molar-refractivity contribution in [1.29, 1.82) is 0 Å². The third kappa shape index (κ3) is 3.27. The number of rotatable bonds is 3. The van der Waals surface area contributed by atoms with Crippen LogP contribution in [0.3, 0.4) is 0 Å². The lowest BCUT2D eigenvalue weighted by Gasteiger charge is -2.31. The van der Waals surface area contributed by atoms with Gasteiger partial charge in [-0.1, -0.05) is 0 Å². The van der Waals surface area contributed by atoms with E-state index in [1.54, 1.807) is 23.2 Å². The molecule has 1 fully saturated rings. The van der Waals surface area contributed by atoms with E-state index in [0.29, 0.717) is 31.8 Å². The summed E-state index contributed by atoms with van der Waals surface area (Å²) in [6.45, 7) is 1.15. The van der Waals surface area contributed by atoms with Gasteiger partial charge in [-0.15, -0.1) is 5.10 Å². The second-order valence-electron chi connectivity index (χ2n) is 4.98. The number of aromatic amines is 1. The molecule has 1 aliphatic rings. The fourth-order valence-corrected chi connectivity index (χ4v) is 2.32. The van der Waals surface area contributed by atoms with Crippen LogP contribution in [0, 0.1) is 0 Å². The Morgan fingerprint density at radius 1 is 1.27 bits per heavy atom. The Morgan fingerprint density at radius 3 is 2.73 bits per heavy atom. The molecule has 8 heteroatoms. The van der Waals surface area contributed by atoms with Crippen molar-refractivity contribution in [2.24, 2.45) is 0 Å². The van der Waals surface area contributed by atoms with E-state index >= 15 is 0 Å². The summed E-state index contributed by atoms with van der Waals surface area (Å²) in [6, 6.07) is 6.26. The average Bonchev–Trinajstić information content (AvgIpc) is 2.57. The summed E-state index contributed by atoms with van der Waals surface area (Å²) >= 11 is 0. The summed E-state index contributed by atoms with van der Waals surface area (Å²) in [6.07, 6.45) is 3.03. The second-order valence-corrected chi connectivity index (χ2v) is 4.98. The normalized spacial score (nSPS) is 15.5. The lowest BCUT2D eigenvalue weighted by atomic mass is 10.1. The number of ether oxygens (including phenoxy) is 1. The first-order valence-corrected chi connectivity index (χ1v) is 7.02. The number of piperidine rings is 1. The van der Waals surface area contributed by atoms with Crippen LogP contribution in [0.2, 0.25) is 0 Å². The number of likely N-dealkylation sites (tertiary alicyclic amines) is 1. The lowest BCUT2D eigenvalue weighted by Crippen LogP contribution is -2.42. The van der Waals surface area contributed by atoms with E-state index < -0.39 is 0 Å². The van der Waals surface area contributed by atoms with Crippen LogP contribution < -0.4 is 10.3 Å².